The highest BCUT2D eigenvalue weighted by Crippen LogP contribution is 2.27. The van der Waals surface area contributed by atoms with Crippen molar-refractivity contribution in [2.45, 2.75) is 26.7 Å². The SMILES string of the molecule is Cc1ccc(-c2cc(NC[C@@H](C)c3ccnc4cc(C)oc34)ncn2)cc1. The van der Waals surface area contributed by atoms with Gasteiger partial charge in [-0.05, 0) is 19.9 Å². The average Bonchev–Trinajstić information content (AvgIpc) is 3.07. The van der Waals surface area contributed by atoms with Crippen LogP contribution < -0.4 is 5.32 Å². The maximum Gasteiger partial charge on any atom is 0.156 e. The van der Waals surface area contributed by atoms with Crippen LogP contribution in [-0.4, -0.2) is 21.5 Å². The molecule has 0 aliphatic rings. The van der Waals surface area contributed by atoms with Crippen molar-refractivity contribution < 1.29 is 4.42 Å². The van der Waals surface area contributed by atoms with Gasteiger partial charge in [0.15, 0.2) is 5.58 Å². The third-order valence-electron chi connectivity index (χ3n) is 4.70. The summed E-state index contributed by atoms with van der Waals surface area (Å²) in [4.78, 5) is 13.1. The third-order valence-corrected chi connectivity index (χ3v) is 4.70. The number of hydrogen-bond acceptors (Lipinski definition) is 5. The van der Waals surface area contributed by atoms with Crippen LogP contribution in [-0.2, 0) is 0 Å². The van der Waals surface area contributed by atoms with Gasteiger partial charge in [-0.25, -0.2) is 9.97 Å². The van der Waals surface area contributed by atoms with Crippen molar-refractivity contribution in [1.82, 2.24) is 15.0 Å². The Morgan fingerprint density at radius 2 is 1.81 bits per heavy atom. The Morgan fingerprint density at radius 1 is 1.00 bits per heavy atom. The topological polar surface area (TPSA) is 63.8 Å². The van der Waals surface area contributed by atoms with Crippen LogP contribution >= 0.6 is 0 Å². The lowest BCUT2D eigenvalue weighted by atomic mass is 10.0. The molecule has 5 heteroatoms. The number of aryl methyl sites for hydroxylation is 2. The van der Waals surface area contributed by atoms with E-state index in [1.165, 1.54) is 5.56 Å². The second-order valence-electron chi connectivity index (χ2n) is 6.91. The minimum absolute atomic E-state index is 0.249. The number of nitrogens with one attached hydrogen (secondary N) is 1. The van der Waals surface area contributed by atoms with E-state index in [0.717, 1.165) is 46.0 Å². The van der Waals surface area contributed by atoms with Crippen LogP contribution in [0.1, 0.15) is 29.7 Å². The van der Waals surface area contributed by atoms with E-state index >= 15 is 0 Å². The lowest BCUT2D eigenvalue weighted by Gasteiger charge is -2.14. The van der Waals surface area contributed by atoms with Gasteiger partial charge in [0.2, 0.25) is 0 Å². The van der Waals surface area contributed by atoms with Crippen molar-refractivity contribution in [1.29, 1.82) is 0 Å². The molecule has 136 valence electrons. The Bertz CT molecular complexity index is 1070. The van der Waals surface area contributed by atoms with Gasteiger partial charge in [-0.1, -0.05) is 36.8 Å². The van der Waals surface area contributed by atoms with Gasteiger partial charge in [0.1, 0.15) is 23.4 Å². The Labute approximate surface area is 158 Å². The average molecular weight is 358 g/mol. The number of fused-ring (bicyclic) bond motifs is 1. The molecule has 1 N–H and O–H groups in total. The van der Waals surface area contributed by atoms with Crippen LogP contribution in [0.25, 0.3) is 22.4 Å². The second-order valence-corrected chi connectivity index (χ2v) is 6.91. The first kappa shape index (κ1) is 17.2. The van der Waals surface area contributed by atoms with Crippen LogP contribution in [0.3, 0.4) is 0 Å². The first-order valence-electron chi connectivity index (χ1n) is 9.08. The third kappa shape index (κ3) is 3.67. The van der Waals surface area contributed by atoms with Gasteiger partial charge in [-0.3, -0.25) is 4.98 Å². The fourth-order valence-electron chi connectivity index (χ4n) is 3.17. The summed E-state index contributed by atoms with van der Waals surface area (Å²) in [6, 6.07) is 14.3. The fourth-order valence-corrected chi connectivity index (χ4v) is 3.17. The summed E-state index contributed by atoms with van der Waals surface area (Å²) in [6.07, 6.45) is 3.44. The molecule has 0 saturated carbocycles. The largest absolute Gasteiger partial charge is 0.459 e. The lowest BCUT2D eigenvalue weighted by molar-refractivity contribution is 0.570. The normalized spacial score (nSPS) is 12.3. The predicted molar refractivity (Wildman–Crippen MR) is 108 cm³/mol. The van der Waals surface area contributed by atoms with Crippen molar-refractivity contribution in [2.24, 2.45) is 0 Å². The molecule has 4 rings (SSSR count). The van der Waals surface area contributed by atoms with Crippen molar-refractivity contribution in [2.75, 3.05) is 11.9 Å². The summed E-state index contributed by atoms with van der Waals surface area (Å²) in [5.41, 5.74) is 6.15. The van der Waals surface area contributed by atoms with E-state index in [1.54, 1.807) is 6.33 Å². The van der Waals surface area contributed by atoms with Crippen molar-refractivity contribution >= 4 is 16.9 Å². The molecule has 27 heavy (non-hydrogen) atoms. The molecule has 0 spiro atoms. The fraction of sp³-hybridized carbons (Fsp3) is 0.227. The first-order valence-corrected chi connectivity index (χ1v) is 9.08. The Hall–Kier alpha value is -3.21. The summed E-state index contributed by atoms with van der Waals surface area (Å²) < 4.78 is 5.84. The standard InChI is InChI=1S/C22H22N4O/c1-14-4-6-17(7-5-14)19-11-21(26-13-25-19)24-12-15(2)18-8-9-23-20-10-16(3)27-22(18)20/h4-11,13,15H,12H2,1-3H3,(H,24,25,26)/t15-/m1/s1. The number of rotatable bonds is 5. The van der Waals surface area contributed by atoms with E-state index < -0.39 is 0 Å². The van der Waals surface area contributed by atoms with Crippen LogP contribution in [0, 0.1) is 13.8 Å². The molecule has 0 unspecified atom stereocenters. The van der Waals surface area contributed by atoms with Gasteiger partial charge in [0.05, 0.1) is 5.69 Å². The molecule has 1 atom stereocenters. The zero-order chi connectivity index (χ0) is 18.8. The summed E-state index contributed by atoms with van der Waals surface area (Å²) in [5.74, 6) is 1.94. The van der Waals surface area contributed by atoms with Gasteiger partial charge in [-0.2, -0.15) is 0 Å². The smallest absolute Gasteiger partial charge is 0.156 e. The molecule has 4 aromatic rings. The van der Waals surface area contributed by atoms with E-state index in [9.17, 15) is 0 Å². The lowest BCUT2D eigenvalue weighted by Crippen LogP contribution is -2.11. The molecular formula is C22H22N4O. The molecule has 5 nitrogen and oxygen atoms in total. The van der Waals surface area contributed by atoms with Gasteiger partial charge in [-0.15, -0.1) is 0 Å². The molecule has 0 aliphatic heterocycles. The molecule has 3 aromatic heterocycles. The first-order chi connectivity index (χ1) is 13.1. The monoisotopic (exact) mass is 358 g/mol. The number of pyridine rings is 1. The number of nitrogens with zero attached hydrogens (tertiary/aromatic N) is 3. The minimum atomic E-state index is 0.249. The van der Waals surface area contributed by atoms with Crippen LogP contribution in [0.2, 0.25) is 0 Å². The minimum Gasteiger partial charge on any atom is -0.459 e. The zero-order valence-electron chi connectivity index (χ0n) is 15.7. The van der Waals surface area contributed by atoms with Gasteiger partial charge < -0.3 is 9.73 Å². The van der Waals surface area contributed by atoms with E-state index in [-0.39, 0.29) is 5.92 Å². The Kier molecular flexibility index (Phi) is 4.59. The van der Waals surface area contributed by atoms with Gasteiger partial charge in [0.25, 0.3) is 0 Å². The summed E-state index contributed by atoms with van der Waals surface area (Å²) in [6.45, 7) is 6.93. The molecule has 0 radical (unpaired) electrons. The van der Waals surface area contributed by atoms with E-state index in [2.05, 4.69) is 58.4 Å². The highest BCUT2D eigenvalue weighted by atomic mass is 16.3. The number of anilines is 1. The van der Waals surface area contributed by atoms with Gasteiger partial charge in [0, 0.05) is 41.9 Å². The van der Waals surface area contributed by atoms with E-state index in [4.69, 9.17) is 4.42 Å². The summed E-state index contributed by atoms with van der Waals surface area (Å²) in [5, 5.41) is 3.42. The molecule has 0 saturated heterocycles. The maximum absolute atomic E-state index is 5.84. The number of benzene rings is 1. The van der Waals surface area contributed by atoms with Crippen molar-refractivity contribution in [3.63, 3.8) is 0 Å². The van der Waals surface area contributed by atoms with Crippen LogP contribution in [0.5, 0.6) is 0 Å². The molecule has 3 heterocycles. The molecular weight excluding hydrogens is 336 g/mol. The van der Waals surface area contributed by atoms with Crippen LogP contribution in [0.4, 0.5) is 5.82 Å². The Balaban J connectivity index is 1.51. The highest BCUT2D eigenvalue weighted by Gasteiger charge is 2.14. The number of aromatic nitrogens is 3. The zero-order valence-corrected chi connectivity index (χ0v) is 15.7. The highest BCUT2D eigenvalue weighted by molar-refractivity contribution is 5.77. The van der Waals surface area contributed by atoms with E-state index in [1.807, 2.05) is 31.3 Å². The maximum atomic E-state index is 5.84. The Morgan fingerprint density at radius 3 is 2.63 bits per heavy atom. The van der Waals surface area contributed by atoms with Crippen LogP contribution in [0.15, 0.2) is 59.4 Å². The quantitative estimate of drug-likeness (QED) is 0.536. The number of furan rings is 1. The molecule has 0 bridgehead atoms. The summed E-state index contributed by atoms with van der Waals surface area (Å²) in [7, 11) is 0. The molecule has 0 aliphatic carbocycles. The van der Waals surface area contributed by atoms with Crippen molar-refractivity contribution in [3.8, 4) is 11.3 Å². The molecule has 1 aromatic carbocycles. The molecule has 0 fully saturated rings. The molecule has 0 amide bonds. The number of hydrogen-bond donors (Lipinski definition) is 1. The van der Waals surface area contributed by atoms with E-state index in [0.29, 0.717) is 0 Å². The van der Waals surface area contributed by atoms with Gasteiger partial charge >= 0.3 is 0 Å². The summed E-state index contributed by atoms with van der Waals surface area (Å²) >= 11 is 0. The van der Waals surface area contributed by atoms with Crippen molar-refractivity contribution in [3.05, 3.63) is 71.9 Å². The second kappa shape index (κ2) is 7.19. The predicted octanol–water partition coefficient (Wildman–Crippen LogP) is 5.12.